The minimum Gasteiger partial charge on any atom is -0.529 e. The Balaban J connectivity index is 1.81. The van der Waals surface area contributed by atoms with Gasteiger partial charge >= 0.3 is 7.69 Å². The third kappa shape index (κ3) is 4.01. The van der Waals surface area contributed by atoms with E-state index in [0.717, 1.165) is 22.6 Å². The molecule has 0 fully saturated rings. The summed E-state index contributed by atoms with van der Waals surface area (Å²) in [6.07, 6.45) is 0. The van der Waals surface area contributed by atoms with Gasteiger partial charge in [-0.1, -0.05) is 24.3 Å². The summed E-state index contributed by atoms with van der Waals surface area (Å²) in [5, 5.41) is 0. The highest BCUT2D eigenvalue weighted by Gasteiger charge is 2.00. The highest BCUT2D eigenvalue weighted by molar-refractivity contribution is 6.20. The smallest absolute Gasteiger partial charge is 0.529 e. The first-order chi connectivity index (χ1) is 9.31. The van der Waals surface area contributed by atoms with E-state index in [9.17, 15) is 0 Å². The Morgan fingerprint density at radius 2 is 1.05 bits per heavy atom. The van der Waals surface area contributed by atoms with Gasteiger partial charge in [0.1, 0.15) is 11.5 Å². The predicted molar refractivity (Wildman–Crippen MR) is 77.1 cm³/mol. The summed E-state index contributed by atoms with van der Waals surface area (Å²) in [6, 6.07) is 15.3. The first-order valence-electron chi connectivity index (χ1n) is 6.15. The van der Waals surface area contributed by atoms with Crippen molar-refractivity contribution in [1.29, 1.82) is 0 Å². The van der Waals surface area contributed by atoms with E-state index in [1.807, 2.05) is 48.5 Å². The normalized spacial score (nSPS) is 10.0. The Hall–Kier alpha value is -1.98. The van der Waals surface area contributed by atoms with Gasteiger partial charge < -0.3 is 20.8 Å². The predicted octanol–water partition coefficient (Wildman–Crippen LogP) is 1.33. The van der Waals surface area contributed by atoms with Crippen LogP contribution in [0.1, 0.15) is 11.1 Å². The highest BCUT2D eigenvalue weighted by Crippen LogP contribution is 2.14. The molecule has 0 aromatic heterocycles. The van der Waals surface area contributed by atoms with E-state index in [1.54, 1.807) is 0 Å². The fourth-order valence-electron chi connectivity index (χ4n) is 1.61. The maximum atomic E-state index is 5.53. The average Bonchev–Trinajstić information content (AvgIpc) is 2.49. The molecule has 0 aliphatic carbocycles. The van der Waals surface area contributed by atoms with Crippen LogP contribution in [0.15, 0.2) is 48.5 Å². The lowest BCUT2D eigenvalue weighted by molar-refractivity contribution is 0.459. The molecule has 0 aliphatic heterocycles. The molecule has 0 heterocycles. The van der Waals surface area contributed by atoms with E-state index in [1.165, 1.54) is 0 Å². The van der Waals surface area contributed by atoms with Gasteiger partial charge in [0, 0.05) is 13.1 Å². The average molecular weight is 256 g/mol. The number of hydrogen-bond acceptors (Lipinski definition) is 4. The Kier molecular flexibility index (Phi) is 4.83. The van der Waals surface area contributed by atoms with Gasteiger partial charge in [-0.25, -0.2) is 0 Å². The van der Waals surface area contributed by atoms with Gasteiger partial charge in [0.15, 0.2) is 0 Å². The zero-order chi connectivity index (χ0) is 13.5. The third-order valence-electron chi connectivity index (χ3n) is 2.77. The van der Waals surface area contributed by atoms with Gasteiger partial charge in [-0.05, 0) is 35.4 Å². The van der Waals surface area contributed by atoms with Gasteiger partial charge in [0.2, 0.25) is 0 Å². The number of hydrogen-bond donors (Lipinski definition) is 2. The minimum atomic E-state index is 0.171. The zero-order valence-electron chi connectivity index (χ0n) is 10.7. The molecule has 0 radical (unpaired) electrons. The summed E-state index contributed by atoms with van der Waals surface area (Å²) in [4.78, 5) is 0. The fourth-order valence-corrected chi connectivity index (χ4v) is 1.61. The molecule has 0 saturated heterocycles. The van der Waals surface area contributed by atoms with E-state index in [-0.39, 0.29) is 7.69 Å². The standard InChI is InChI=1S/C14H17BN2O2/c16-9-11-1-5-13(6-2-11)18-15-19-14-7-3-12(10-17)4-8-14/h1-8,15H,9-10,16-17H2. The fraction of sp³-hybridized carbons (Fsp3) is 0.143. The molecule has 0 amide bonds. The van der Waals surface area contributed by atoms with Gasteiger partial charge in [-0.15, -0.1) is 0 Å². The number of nitrogens with two attached hydrogens (primary N) is 2. The van der Waals surface area contributed by atoms with Gasteiger partial charge in [-0.3, -0.25) is 0 Å². The highest BCUT2D eigenvalue weighted by atomic mass is 16.6. The molecule has 2 aromatic rings. The maximum absolute atomic E-state index is 5.53. The quantitative estimate of drug-likeness (QED) is 0.765. The van der Waals surface area contributed by atoms with Crippen LogP contribution in [0.5, 0.6) is 11.5 Å². The van der Waals surface area contributed by atoms with Gasteiger partial charge in [0.05, 0.1) is 0 Å². The molecule has 0 atom stereocenters. The van der Waals surface area contributed by atoms with Crippen LogP contribution >= 0.6 is 0 Å². The summed E-state index contributed by atoms with van der Waals surface area (Å²) in [6.45, 7) is 1.06. The van der Waals surface area contributed by atoms with Crippen LogP contribution in [0, 0.1) is 0 Å². The minimum absolute atomic E-state index is 0.171. The first kappa shape index (κ1) is 13.5. The second kappa shape index (κ2) is 6.82. The van der Waals surface area contributed by atoms with Crippen molar-refractivity contribution >= 4 is 7.69 Å². The molecule has 0 aliphatic rings. The summed E-state index contributed by atoms with van der Waals surface area (Å²) in [5.41, 5.74) is 13.2. The van der Waals surface area contributed by atoms with E-state index in [2.05, 4.69) is 0 Å². The number of benzene rings is 2. The van der Waals surface area contributed by atoms with Crippen LogP contribution in [0.3, 0.4) is 0 Å². The lowest BCUT2D eigenvalue weighted by Gasteiger charge is -2.08. The molecule has 2 rings (SSSR count). The molecule has 5 heteroatoms. The van der Waals surface area contributed by atoms with Crippen molar-refractivity contribution in [3.8, 4) is 11.5 Å². The Morgan fingerprint density at radius 3 is 1.37 bits per heavy atom. The first-order valence-corrected chi connectivity index (χ1v) is 6.15. The van der Waals surface area contributed by atoms with Crippen molar-refractivity contribution in [3.63, 3.8) is 0 Å². The molecule has 0 spiro atoms. The van der Waals surface area contributed by atoms with Crippen molar-refractivity contribution in [2.45, 2.75) is 13.1 Å². The van der Waals surface area contributed by atoms with Gasteiger partial charge in [0.25, 0.3) is 0 Å². The Morgan fingerprint density at radius 1 is 0.684 bits per heavy atom. The second-order valence-corrected chi connectivity index (χ2v) is 4.10. The molecule has 98 valence electrons. The molecular weight excluding hydrogens is 239 g/mol. The van der Waals surface area contributed by atoms with E-state index < -0.39 is 0 Å². The molecule has 19 heavy (non-hydrogen) atoms. The molecule has 0 unspecified atom stereocenters. The molecule has 4 N–H and O–H groups in total. The van der Waals surface area contributed by atoms with Crippen molar-refractivity contribution in [3.05, 3.63) is 59.7 Å². The molecule has 0 bridgehead atoms. The molecule has 2 aromatic carbocycles. The van der Waals surface area contributed by atoms with Crippen LogP contribution in [-0.4, -0.2) is 7.69 Å². The van der Waals surface area contributed by atoms with Crippen molar-refractivity contribution in [2.24, 2.45) is 11.5 Å². The Labute approximate surface area is 113 Å². The van der Waals surface area contributed by atoms with E-state index in [4.69, 9.17) is 20.8 Å². The monoisotopic (exact) mass is 256 g/mol. The van der Waals surface area contributed by atoms with Crippen molar-refractivity contribution in [2.75, 3.05) is 0 Å². The topological polar surface area (TPSA) is 70.5 Å². The van der Waals surface area contributed by atoms with Crippen molar-refractivity contribution in [1.82, 2.24) is 0 Å². The largest absolute Gasteiger partial charge is 0.576 e. The summed E-state index contributed by atoms with van der Waals surface area (Å²) in [5.74, 6) is 1.52. The molecule has 4 nitrogen and oxygen atoms in total. The maximum Gasteiger partial charge on any atom is 0.576 e. The van der Waals surface area contributed by atoms with Crippen LogP contribution in [0.2, 0.25) is 0 Å². The SMILES string of the molecule is NCc1ccc(OBOc2ccc(CN)cc2)cc1. The second-order valence-electron chi connectivity index (χ2n) is 4.10. The molecular formula is C14H17BN2O2. The van der Waals surface area contributed by atoms with Gasteiger partial charge in [-0.2, -0.15) is 0 Å². The van der Waals surface area contributed by atoms with E-state index >= 15 is 0 Å². The lowest BCUT2D eigenvalue weighted by atomic mass is 10.2. The summed E-state index contributed by atoms with van der Waals surface area (Å²) in [7, 11) is 0.171. The van der Waals surface area contributed by atoms with Crippen molar-refractivity contribution < 1.29 is 9.31 Å². The molecule has 0 saturated carbocycles. The number of rotatable bonds is 6. The summed E-state index contributed by atoms with van der Waals surface area (Å²) >= 11 is 0. The Bertz CT molecular complexity index is 452. The summed E-state index contributed by atoms with van der Waals surface area (Å²) < 4.78 is 11.0. The lowest BCUT2D eigenvalue weighted by Crippen LogP contribution is -2.11. The van der Waals surface area contributed by atoms with E-state index in [0.29, 0.717) is 13.1 Å². The van der Waals surface area contributed by atoms with Crippen LogP contribution < -0.4 is 20.8 Å². The van der Waals surface area contributed by atoms with Crippen LogP contribution in [-0.2, 0) is 13.1 Å². The van der Waals surface area contributed by atoms with Crippen LogP contribution in [0.25, 0.3) is 0 Å². The zero-order valence-corrected chi connectivity index (χ0v) is 10.7. The van der Waals surface area contributed by atoms with Crippen LogP contribution in [0.4, 0.5) is 0 Å². The third-order valence-corrected chi connectivity index (χ3v) is 2.77.